The van der Waals surface area contributed by atoms with Crippen LogP contribution in [0.4, 0.5) is 0 Å². The van der Waals surface area contributed by atoms with Crippen molar-refractivity contribution in [3.63, 3.8) is 0 Å². The Hall–Kier alpha value is -1.39. The van der Waals surface area contributed by atoms with Gasteiger partial charge in [-0.2, -0.15) is 4.98 Å². The molecule has 0 radical (unpaired) electrons. The second-order valence-corrected chi connectivity index (χ2v) is 4.29. The molecule has 0 saturated heterocycles. The lowest BCUT2D eigenvalue weighted by Gasteiger charge is -2.02. The Morgan fingerprint density at radius 2 is 2.24 bits per heavy atom. The van der Waals surface area contributed by atoms with E-state index in [1.54, 1.807) is 0 Å². The zero-order chi connectivity index (χ0) is 12.4. The molecule has 1 aromatic heterocycles. The quantitative estimate of drug-likeness (QED) is 0.910. The lowest BCUT2D eigenvalue weighted by Crippen LogP contribution is -2.10. The van der Waals surface area contributed by atoms with E-state index in [1.165, 1.54) is 0 Å². The monoisotopic (exact) mass is 251 g/mol. The molecule has 1 unspecified atom stereocenters. The molecule has 0 amide bonds. The summed E-state index contributed by atoms with van der Waals surface area (Å²) in [6, 6.07) is 5.40. The number of benzene rings is 1. The number of nitrogens with zero attached hydrogens (tertiary/aromatic N) is 2. The Morgan fingerprint density at radius 1 is 1.47 bits per heavy atom. The molecule has 0 fully saturated rings. The van der Waals surface area contributed by atoms with Crippen molar-refractivity contribution < 1.29 is 4.52 Å². The zero-order valence-electron chi connectivity index (χ0n) is 9.77. The molecule has 0 spiro atoms. The summed E-state index contributed by atoms with van der Waals surface area (Å²) in [5.41, 5.74) is 7.61. The van der Waals surface area contributed by atoms with Gasteiger partial charge in [0, 0.05) is 10.6 Å². The number of halogens is 1. The molecule has 0 aliphatic rings. The Bertz CT molecular complexity index is 524. The number of aromatic nitrogens is 2. The minimum Gasteiger partial charge on any atom is -0.334 e. The van der Waals surface area contributed by atoms with Crippen LogP contribution in [0, 0.1) is 6.92 Å². The van der Waals surface area contributed by atoms with E-state index in [0.29, 0.717) is 16.7 Å². The van der Waals surface area contributed by atoms with Gasteiger partial charge in [0.25, 0.3) is 5.89 Å². The normalized spacial score (nSPS) is 12.7. The fourth-order valence-electron chi connectivity index (χ4n) is 1.52. The van der Waals surface area contributed by atoms with Gasteiger partial charge < -0.3 is 10.3 Å². The molecule has 0 aliphatic carbocycles. The van der Waals surface area contributed by atoms with Crippen LogP contribution in [0.1, 0.15) is 30.8 Å². The third-order valence-electron chi connectivity index (χ3n) is 2.71. The van der Waals surface area contributed by atoms with Gasteiger partial charge in [0.2, 0.25) is 0 Å². The zero-order valence-corrected chi connectivity index (χ0v) is 10.5. The van der Waals surface area contributed by atoms with Crippen molar-refractivity contribution in [2.24, 2.45) is 5.73 Å². The highest BCUT2D eigenvalue weighted by Gasteiger charge is 2.15. The summed E-state index contributed by atoms with van der Waals surface area (Å²) in [6.07, 6.45) is 0.771. The van der Waals surface area contributed by atoms with Crippen LogP contribution in [0.25, 0.3) is 11.5 Å². The number of hydrogen-bond donors (Lipinski definition) is 1. The van der Waals surface area contributed by atoms with Crippen LogP contribution in [0.3, 0.4) is 0 Å². The Morgan fingerprint density at radius 3 is 2.94 bits per heavy atom. The fourth-order valence-corrected chi connectivity index (χ4v) is 1.69. The van der Waals surface area contributed by atoms with Gasteiger partial charge in [-0.05, 0) is 31.0 Å². The molecule has 0 saturated carbocycles. The molecule has 2 aromatic rings. The van der Waals surface area contributed by atoms with Gasteiger partial charge in [-0.3, -0.25) is 0 Å². The average Bonchev–Trinajstić information content (AvgIpc) is 2.81. The molecule has 4 nitrogen and oxygen atoms in total. The summed E-state index contributed by atoms with van der Waals surface area (Å²) in [5, 5.41) is 4.56. The van der Waals surface area contributed by atoms with Crippen LogP contribution in [-0.2, 0) is 0 Å². The van der Waals surface area contributed by atoms with Crippen LogP contribution in [-0.4, -0.2) is 10.1 Å². The van der Waals surface area contributed by atoms with Gasteiger partial charge in [0.1, 0.15) is 0 Å². The van der Waals surface area contributed by atoms with Crippen LogP contribution in [0.5, 0.6) is 0 Å². The molecule has 2 N–H and O–H groups in total. The van der Waals surface area contributed by atoms with Gasteiger partial charge in [-0.15, -0.1) is 0 Å². The average molecular weight is 252 g/mol. The van der Waals surface area contributed by atoms with Gasteiger partial charge in [-0.1, -0.05) is 29.7 Å². The maximum atomic E-state index is 6.05. The number of nitrogens with two attached hydrogens (primary N) is 1. The summed E-state index contributed by atoms with van der Waals surface area (Å²) >= 11 is 6.05. The van der Waals surface area contributed by atoms with Gasteiger partial charge in [0.15, 0.2) is 5.82 Å². The predicted octanol–water partition coefficient (Wildman–Crippen LogP) is 3.11. The Labute approximate surface area is 105 Å². The highest BCUT2D eigenvalue weighted by Crippen LogP contribution is 2.27. The summed E-state index contributed by atoms with van der Waals surface area (Å²) in [7, 11) is 0. The van der Waals surface area contributed by atoms with E-state index >= 15 is 0 Å². The van der Waals surface area contributed by atoms with Crippen molar-refractivity contribution in [2.45, 2.75) is 26.3 Å². The smallest absolute Gasteiger partial charge is 0.258 e. The van der Waals surface area contributed by atoms with Gasteiger partial charge in [-0.25, -0.2) is 0 Å². The summed E-state index contributed by atoms with van der Waals surface area (Å²) in [5.74, 6) is 0.991. The molecule has 0 aliphatic heterocycles. The van der Waals surface area contributed by atoms with Crippen molar-refractivity contribution in [1.29, 1.82) is 0 Å². The van der Waals surface area contributed by atoms with Crippen molar-refractivity contribution in [1.82, 2.24) is 10.1 Å². The standard InChI is InChI=1S/C12H14ClN3O/c1-3-10(14)11-15-12(17-16-11)8-5-4-6-9(13)7(8)2/h4-6,10H,3,14H2,1-2H3. The molecular formula is C12H14ClN3O. The molecule has 1 aromatic carbocycles. The van der Waals surface area contributed by atoms with Crippen molar-refractivity contribution in [3.8, 4) is 11.5 Å². The summed E-state index contributed by atoms with van der Waals surface area (Å²) in [6.45, 7) is 3.90. The SMILES string of the molecule is CCC(N)c1noc(-c2cccc(Cl)c2C)n1. The van der Waals surface area contributed by atoms with Gasteiger partial charge >= 0.3 is 0 Å². The van der Waals surface area contributed by atoms with E-state index in [2.05, 4.69) is 10.1 Å². The molecule has 0 bridgehead atoms. The maximum absolute atomic E-state index is 6.05. The van der Waals surface area contributed by atoms with Crippen LogP contribution < -0.4 is 5.73 Å². The second kappa shape index (κ2) is 4.85. The molecule has 5 heteroatoms. The minimum absolute atomic E-state index is 0.188. The first-order chi connectivity index (χ1) is 8.13. The van der Waals surface area contributed by atoms with E-state index in [0.717, 1.165) is 17.5 Å². The first-order valence-electron chi connectivity index (χ1n) is 5.48. The molecule has 1 atom stereocenters. The highest BCUT2D eigenvalue weighted by molar-refractivity contribution is 6.31. The molecule has 1 heterocycles. The van der Waals surface area contributed by atoms with E-state index in [9.17, 15) is 0 Å². The Kier molecular flexibility index (Phi) is 3.45. The summed E-state index contributed by atoms with van der Waals surface area (Å²) < 4.78 is 5.21. The van der Waals surface area contributed by atoms with E-state index in [1.807, 2.05) is 32.0 Å². The fraction of sp³-hybridized carbons (Fsp3) is 0.333. The van der Waals surface area contributed by atoms with E-state index in [4.69, 9.17) is 21.9 Å². The van der Waals surface area contributed by atoms with Crippen molar-refractivity contribution in [3.05, 3.63) is 34.6 Å². The lowest BCUT2D eigenvalue weighted by molar-refractivity contribution is 0.415. The molecule has 2 rings (SSSR count). The third kappa shape index (κ3) is 2.33. The van der Waals surface area contributed by atoms with E-state index < -0.39 is 0 Å². The highest BCUT2D eigenvalue weighted by atomic mass is 35.5. The van der Waals surface area contributed by atoms with E-state index in [-0.39, 0.29) is 6.04 Å². The molecule has 90 valence electrons. The second-order valence-electron chi connectivity index (χ2n) is 3.88. The van der Waals surface area contributed by atoms with Crippen molar-refractivity contribution in [2.75, 3.05) is 0 Å². The lowest BCUT2D eigenvalue weighted by atomic mass is 10.1. The molecular weight excluding hydrogens is 238 g/mol. The maximum Gasteiger partial charge on any atom is 0.258 e. The van der Waals surface area contributed by atoms with Gasteiger partial charge in [0.05, 0.1) is 6.04 Å². The summed E-state index contributed by atoms with van der Waals surface area (Å²) in [4.78, 5) is 4.29. The predicted molar refractivity (Wildman–Crippen MR) is 66.7 cm³/mol. The number of hydrogen-bond acceptors (Lipinski definition) is 4. The first-order valence-corrected chi connectivity index (χ1v) is 5.86. The Balaban J connectivity index is 2.40. The minimum atomic E-state index is -0.188. The topological polar surface area (TPSA) is 64.9 Å². The van der Waals surface area contributed by atoms with Crippen LogP contribution >= 0.6 is 11.6 Å². The largest absolute Gasteiger partial charge is 0.334 e. The molecule has 17 heavy (non-hydrogen) atoms. The number of rotatable bonds is 3. The van der Waals surface area contributed by atoms with Crippen LogP contribution in [0.15, 0.2) is 22.7 Å². The van der Waals surface area contributed by atoms with Crippen LogP contribution in [0.2, 0.25) is 5.02 Å². The first kappa shape index (κ1) is 12.1. The third-order valence-corrected chi connectivity index (χ3v) is 3.12. The van der Waals surface area contributed by atoms with Crippen molar-refractivity contribution >= 4 is 11.6 Å².